The fourth-order valence-electron chi connectivity index (χ4n) is 2.88. The number of hydrogen-bond donors (Lipinski definition) is 2. The number of aromatic nitrogens is 1. The highest BCUT2D eigenvalue weighted by Gasteiger charge is 2.26. The van der Waals surface area contributed by atoms with Gasteiger partial charge < -0.3 is 15.3 Å². The third-order valence-electron chi connectivity index (χ3n) is 4.11. The number of pyridine rings is 1. The van der Waals surface area contributed by atoms with Crippen molar-refractivity contribution >= 4 is 23.4 Å². The Morgan fingerprint density at radius 2 is 1.92 bits per heavy atom. The molecule has 3 rings (SSSR count). The van der Waals surface area contributed by atoms with Crippen molar-refractivity contribution < 1.29 is 14.7 Å². The van der Waals surface area contributed by atoms with Crippen LogP contribution in [0.4, 0.5) is 11.5 Å². The Balaban J connectivity index is 1.69. The van der Waals surface area contributed by atoms with E-state index in [1.807, 2.05) is 35.2 Å². The van der Waals surface area contributed by atoms with Crippen molar-refractivity contribution in [3.05, 3.63) is 54.2 Å². The number of para-hydroxylation sites is 1. The van der Waals surface area contributed by atoms with Crippen LogP contribution in [-0.4, -0.2) is 35.1 Å². The molecule has 1 unspecified atom stereocenters. The lowest BCUT2D eigenvalue weighted by molar-refractivity contribution is -0.120. The number of anilines is 2. The number of nitrogens with one attached hydrogen (secondary N) is 1. The molecule has 2 N–H and O–H groups in total. The Hall–Kier alpha value is -2.89. The monoisotopic (exact) mass is 325 g/mol. The average Bonchev–Trinajstić information content (AvgIpc) is 2.63. The van der Waals surface area contributed by atoms with Crippen LogP contribution in [0.2, 0.25) is 0 Å². The molecule has 0 bridgehead atoms. The number of carboxylic acids is 1. The molecule has 6 heteroatoms. The lowest BCUT2D eigenvalue weighted by atomic mass is 9.97. The summed E-state index contributed by atoms with van der Waals surface area (Å²) < 4.78 is 0. The van der Waals surface area contributed by atoms with E-state index in [9.17, 15) is 9.59 Å². The smallest absolute Gasteiger partial charge is 0.354 e. The van der Waals surface area contributed by atoms with Crippen molar-refractivity contribution in [2.75, 3.05) is 23.3 Å². The van der Waals surface area contributed by atoms with E-state index in [1.54, 1.807) is 12.1 Å². The van der Waals surface area contributed by atoms with Crippen molar-refractivity contribution in [3.63, 3.8) is 0 Å². The number of carbonyl (C=O) groups is 2. The fourth-order valence-corrected chi connectivity index (χ4v) is 2.88. The topological polar surface area (TPSA) is 82.5 Å². The summed E-state index contributed by atoms with van der Waals surface area (Å²) in [5.74, 6) is -0.603. The Morgan fingerprint density at radius 3 is 2.67 bits per heavy atom. The standard InChI is InChI=1S/C18H19N3O3/c22-17(19-14-7-2-1-3-8-14)13-6-5-11-21(12-13)16-10-4-9-15(20-16)18(23)24/h1-4,7-10,13H,5-6,11-12H2,(H,19,22)(H,23,24). The Kier molecular flexibility index (Phi) is 4.74. The van der Waals surface area contributed by atoms with Crippen LogP contribution in [-0.2, 0) is 4.79 Å². The van der Waals surface area contributed by atoms with E-state index in [-0.39, 0.29) is 17.5 Å². The minimum absolute atomic E-state index is 0.0136. The van der Waals surface area contributed by atoms with Gasteiger partial charge in [0.15, 0.2) is 5.69 Å². The van der Waals surface area contributed by atoms with Crippen molar-refractivity contribution in [2.45, 2.75) is 12.8 Å². The molecule has 0 radical (unpaired) electrons. The molecule has 1 aliphatic heterocycles. The Labute approximate surface area is 140 Å². The molecular weight excluding hydrogens is 306 g/mol. The number of piperidine rings is 1. The normalized spacial score (nSPS) is 17.3. The molecule has 0 saturated carbocycles. The minimum atomic E-state index is -1.05. The van der Waals surface area contributed by atoms with Gasteiger partial charge >= 0.3 is 5.97 Å². The summed E-state index contributed by atoms with van der Waals surface area (Å²) in [5.41, 5.74) is 0.800. The number of amides is 1. The lowest BCUT2D eigenvalue weighted by Gasteiger charge is -2.33. The highest BCUT2D eigenvalue weighted by Crippen LogP contribution is 2.23. The molecule has 0 spiro atoms. The Morgan fingerprint density at radius 1 is 1.12 bits per heavy atom. The van der Waals surface area contributed by atoms with Gasteiger partial charge in [0.1, 0.15) is 5.82 Å². The average molecular weight is 325 g/mol. The van der Waals surface area contributed by atoms with Gasteiger partial charge in [0, 0.05) is 18.8 Å². The first-order valence-electron chi connectivity index (χ1n) is 7.95. The van der Waals surface area contributed by atoms with Gasteiger partial charge in [-0.1, -0.05) is 24.3 Å². The zero-order valence-corrected chi connectivity index (χ0v) is 13.2. The quantitative estimate of drug-likeness (QED) is 0.903. The van der Waals surface area contributed by atoms with Gasteiger partial charge in [0.05, 0.1) is 5.92 Å². The third kappa shape index (κ3) is 3.71. The summed E-state index contributed by atoms with van der Waals surface area (Å²) in [6.45, 7) is 1.31. The first-order chi connectivity index (χ1) is 11.6. The first-order valence-corrected chi connectivity index (χ1v) is 7.95. The van der Waals surface area contributed by atoms with Gasteiger partial charge in [-0.3, -0.25) is 4.79 Å². The van der Waals surface area contributed by atoms with Crippen molar-refractivity contribution in [2.24, 2.45) is 5.92 Å². The van der Waals surface area contributed by atoms with E-state index in [4.69, 9.17) is 5.11 Å². The number of hydrogen-bond acceptors (Lipinski definition) is 4. The van der Waals surface area contributed by atoms with E-state index >= 15 is 0 Å². The highest BCUT2D eigenvalue weighted by atomic mass is 16.4. The van der Waals surface area contributed by atoms with Crippen LogP contribution in [0.1, 0.15) is 23.3 Å². The number of nitrogens with zero attached hydrogens (tertiary/aromatic N) is 2. The van der Waals surface area contributed by atoms with E-state index in [1.165, 1.54) is 6.07 Å². The van der Waals surface area contributed by atoms with Crippen molar-refractivity contribution in [3.8, 4) is 0 Å². The van der Waals surface area contributed by atoms with E-state index < -0.39 is 5.97 Å². The number of rotatable bonds is 4. The SMILES string of the molecule is O=C(O)c1cccc(N2CCCC(C(=O)Nc3ccccc3)C2)n1. The van der Waals surface area contributed by atoms with Gasteiger partial charge in [-0.25, -0.2) is 9.78 Å². The van der Waals surface area contributed by atoms with Crippen LogP contribution in [0.15, 0.2) is 48.5 Å². The Bertz CT molecular complexity index is 733. The van der Waals surface area contributed by atoms with Crippen molar-refractivity contribution in [1.29, 1.82) is 0 Å². The zero-order valence-electron chi connectivity index (χ0n) is 13.2. The summed E-state index contributed by atoms with van der Waals surface area (Å²) in [5, 5.41) is 12.0. The molecule has 1 aromatic carbocycles. The summed E-state index contributed by atoms with van der Waals surface area (Å²) in [6.07, 6.45) is 1.68. The maximum absolute atomic E-state index is 12.5. The molecule has 6 nitrogen and oxygen atoms in total. The minimum Gasteiger partial charge on any atom is -0.477 e. The molecule has 1 aliphatic rings. The molecule has 2 heterocycles. The van der Waals surface area contributed by atoms with Crippen LogP contribution < -0.4 is 10.2 Å². The van der Waals surface area contributed by atoms with E-state index in [0.717, 1.165) is 25.1 Å². The van der Waals surface area contributed by atoms with E-state index in [0.29, 0.717) is 12.4 Å². The van der Waals surface area contributed by atoms with Crippen LogP contribution in [0.5, 0.6) is 0 Å². The largest absolute Gasteiger partial charge is 0.477 e. The lowest BCUT2D eigenvalue weighted by Crippen LogP contribution is -2.41. The molecule has 1 amide bonds. The summed E-state index contributed by atoms with van der Waals surface area (Å²) >= 11 is 0. The van der Waals surface area contributed by atoms with Gasteiger partial charge in [0.2, 0.25) is 5.91 Å². The van der Waals surface area contributed by atoms with E-state index in [2.05, 4.69) is 10.3 Å². The van der Waals surface area contributed by atoms with Crippen LogP contribution in [0, 0.1) is 5.92 Å². The summed E-state index contributed by atoms with van der Waals surface area (Å²) in [7, 11) is 0. The van der Waals surface area contributed by atoms with Gasteiger partial charge in [-0.2, -0.15) is 0 Å². The predicted molar refractivity (Wildman–Crippen MR) is 91.2 cm³/mol. The second-order valence-corrected chi connectivity index (χ2v) is 5.83. The maximum Gasteiger partial charge on any atom is 0.354 e. The number of aromatic carboxylic acids is 1. The number of carboxylic acid groups (broad SMARTS) is 1. The molecule has 1 aromatic heterocycles. The predicted octanol–water partition coefficient (Wildman–Crippen LogP) is 2.63. The number of carbonyl (C=O) groups excluding carboxylic acids is 1. The van der Waals surface area contributed by atoms with Crippen LogP contribution in [0.25, 0.3) is 0 Å². The molecule has 24 heavy (non-hydrogen) atoms. The molecule has 0 aliphatic carbocycles. The van der Waals surface area contributed by atoms with Crippen LogP contribution in [0.3, 0.4) is 0 Å². The van der Waals surface area contributed by atoms with Gasteiger partial charge in [-0.05, 0) is 37.1 Å². The second kappa shape index (κ2) is 7.12. The molecule has 1 atom stereocenters. The molecule has 1 saturated heterocycles. The first kappa shape index (κ1) is 16.0. The molecule has 124 valence electrons. The fraction of sp³-hybridized carbons (Fsp3) is 0.278. The third-order valence-corrected chi connectivity index (χ3v) is 4.11. The summed E-state index contributed by atoms with van der Waals surface area (Å²) in [6, 6.07) is 14.3. The summed E-state index contributed by atoms with van der Waals surface area (Å²) in [4.78, 5) is 29.7. The zero-order chi connectivity index (χ0) is 16.9. The van der Waals surface area contributed by atoms with Gasteiger partial charge in [0.25, 0.3) is 0 Å². The molecular formula is C18H19N3O3. The van der Waals surface area contributed by atoms with Crippen LogP contribution >= 0.6 is 0 Å². The molecule has 2 aromatic rings. The number of benzene rings is 1. The van der Waals surface area contributed by atoms with Gasteiger partial charge in [-0.15, -0.1) is 0 Å². The maximum atomic E-state index is 12.5. The molecule has 1 fully saturated rings. The van der Waals surface area contributed by atoms with Crippen molar-refractivity contribution in [1.82, 2.24) is 4.98 Å². The highest BCUT2D eigenvalue weighted by molar-refractivity contribution is 5.93. The second-order valence-electron chi connectivity index (χ2n) is 5.83.